The Bertz CT molecular complexity index is 735. The highest BCUT2D eigenvalue weighted by Crippen LogP contribution is 2.34. The summed E-state index contributed by atoms with van der Waals surface area (Å²) in [5.41, 5.74) is 3.82. The van der Waals surface area contributed by atoms with Crippen LogP contribution >= 0.6 is 15.9 Å². The minimum Gasteiger partial charge on any atom is -0.503 e. The molecule has 1 atom stereocenters. The summed E-state index contributed by atoms with van der Waals surface area (Å²) >= 11 is 3.22. The lowest BCUT2D eigenvalue weighted by molar-refractivity contribution is -0.131. The SMILES string of the molecule is COc1cc(/C=N/NC(=O)C(OC)c2ccccc2)cc(Br)c1O. The van der Waals surface area contributed by atoms with Crippen LogP contribution in [0.4, 0.5) is 0 Å². The van der Waals surface area contributed by atoms with E-state index in [1.807, 2.05) is 18.2 Å². The van der Waals surface area contributed by atoms with Gasteiger partial charge in [-0.05, 0) is 39.2 Å². The number of ether oxygens (including phenoxy) is 2. The van der Waals surface area contributed by atoms with Gasteiger partial charge in [0.05, 0.1) is 17.8 Å². The fraction of sp³-hybridized carbons (Fsp3) is 0.176. The molecule has 1 amide bonds. The minimum atomic E-state index is -0.746. The molecule has 0 heterocycles. The molecular formula is C17H17BrN2O4. The molecule has 2 rings (SSSR count). The third kappa shape index (κ3) is 4.33. The average Bonchev–Trinajstić information content (AvgIpc) is 2.59. The summed E-state index contributed by atoms with van der Waals surface area (Å²) in [6.45, 7) is 0. The minimum absolute atomic E-state index is 0.00205. The molecule has 2 aromatic rings. The largest absolute Gasteiger partial charge is 0.503 e. The number of nitrogens with one attached hydrogen (secondary N) is 1. The third-order valence-corrected chi connectivity index (χ3v) is 3.84. The zero-order valence-corrected chi connectivity index (χ0v) is 14.8. The lowest BCUT2D eigenvalue weighted by atomic mass is 10.1. The van der Waals surface area contributed by atoms with Crippen LogP contribution < -0.4 is 10.2 Å². The number of rotatable bonds is 6. The lowest BCUT2D eigenvalue weighted by Crippen LogP contribution is -2.26. The Morgan fingerprint density at radius 2 is 2.00 bits per heavy atom. The number of benzene rings is 2. The predicted octanol–water partition coefficient (Wildman–Crippen LogP) is 3.00. The molecule has 0 aliphatic carbocycles. The van der Waals surface area contributed by atoms with E-state index in [-0.39, 0.29) is 11.7 Å². The van der Waals surface area contributed by atoms with Gasteiger partial charge in [-0.25, -0.2) is 5.43 Å². The van der Waals surface area contributed by atoms with Crippen LogP contribution in [0.5, 0.6) is 11.5 Å². The topological polar surface area (TPSA) is 80.2 Å². The fourth-order valence-corrected chi connectivity index (χ4v) is 2.54. The quantitative estimate of drug-likeness (QED) is 0.584. The first-order valence-corrected chi connectivity index (χ1v) is 7.83. The monoisotopic (exact) mass is 392 g/mol. The summed E-state index contributed by atoms with van der Waals surface area (Å²) in [7, 11) is 2.91. The van der Waals surface area contributed by atoms with Crippen molar-refractivity contribution >= 4 is 28.1 Å². The van der Waals surface area contributed by atoms with Crippen LogP contribution in [0.15, 0.2) is 52.0 Å². The standard InChI is InChI=1S/C17H17BrN2O4/c1-23-14-9-11(8-13(18)15(14)21)10-19-20-17(22)16(24-2)12-6-4-3-5-7-12/h3-10,16,21H,1-2H3,(H,20,22)/b19-10+. The van der Waals surface area contributed by atoms with Crippen molar-refractivity contribution in [2.75, 3.05) is 14.2 Å². The molecule has 0 bridgehead atoms. The van der Waals surface area contributed by atoms with E-state index in [1.165, 1.54) is 20.4 Å². The highest BCUT2D eigenvalue weighted by Gasteiger charge is 2.19. The Balaban J connectivity index is 2.08. The van der Waals surface area contributed by atoms with Crippen LogP contribution in [-0.2, 0) is 9.53 Å². The smallest absolute Gasteiger partial charge is 0.273 e. The Kier molecular flexibility index (Phi) is 6.34. The third-order valence-electron chi connectivity index (χ3n) is 3.24. The van der Waals surface area contributed by atoms with Crippen LogP contribution in [0.2, 0.25) is 0 Å². The van der Waals surface area contributed by atoms with Gasteiger partial charge in [-0.3, -0.25) is 4.79 Å². The number of hydrogen-bond donors (Lipinski definition) is 2. The van der Waals surface area contributed by atoms with Crippen LogP contribution in [0.1, 0.15) is 17.2 Å². The summed E-state index contributed by atoms with van der Waals surface area (Å²) < 4.78 is 10.8. The number of methoxy groups -OCH3 is 2. The Hall–Kier alpha value is -2.38. The van der Waals surface area contributed by atoms with Crippen molar-refractivity contribution in [3.05, 3.63) is 58.1 Å². The van der Waals surface area contributed by atoms with Crippen molar-refractivity contribution < 1.29 is 19.4 Å². The van der Waals surface area contributed by atoms with Crippen LogP contribution in [-0.4, -0.2) is 31.4 Å². The number of phenols is 1. The van der Waals surface area contributed by atoms with E-state index in [1.54, 1.807) is 24.3 Å². The van der Waals surface area contributed by atoms with Crippen molar-refractivity contribution in [2.24, 2.45) is 5.10 Å². The molecule has 0 saturated heterocycles. The van der Waals surface area contributed by atoms with Gasteiger partial charge in [-0.15, -0.1) is 0 Å². The van der Waals surface area contributed by atoms with Crippen LogP contribution in [0.25, 0.3) is 0 Å². The number of aromatic hydroxyl groups is 1. The van der Waals surface area contributed by atoms with Gasteiger partial charge in [0.15, 0.2) is 17.6 Å². The molecule has 0 spiro atoms. The number of amides is 1. The van der Waals surface area contributed by atoms with E-state index in [4.69, 9.17) is 9.47 Å². The van der Waals surface area contributed by atoms with Crippen molar-refractivity contribution in [2.45, 2.75) is 6.10 Å². The molecule has 24 heavy (non-hydrogen) atoms. The number of carbonyl (C=O) groups is 1. The fourth-order valence-electron chi connectivity index (χ4n) is 2.08. The molecular weight excluding hydrogens is 376 g/mol. The number of phenolic OH excluding ortho intramolecular Hbond substituents is 1. The van der Waals surface area contributed by atoms with E-state index >= 15 is 0 Å². The van der Waals surface area contributed by atoms with Crippen molar-refractivity contribution in [1.82, 2.24) is 5.43 Å². The maximum absolute atomic E-state index is 12.2. The Morgan fingerprint density at radius 1 is 1.29 bits per heavy atom. The Morgan fingerprint density at radius 3 is 2.62 bits per heavy atom. The number of halogens is 1. The number of carbonyl (C=O) groups excluding carboxylic acids is 1. The summed E-state index contributed by atoms with van der Waals surface area (Å²) in [5.74, 6) is -0.0804. The molecule has 0 aliphatic heterocycles. The second kappa shape index (κ2) is 8.47. The second-order valence-corrected chi connectivity index (χ2v) is 5.67. The van der Waals surface area contributed by atoms with E-state index in [0.717, 1.165) is 5.56 Å². The summed E-state index contributed by atoms with van der Waals surface area (Å²) in [6.07, 6.45) is 0.701. The van der Waals surface area contributed by atoms with Gasteiger partial charge in [0.25, 0.3) is 5.91 Å². The molecule has 2 aromatic carbocycles. The van der Waals surface area contributed by atoms with E-state index in [2.05, 4.69) is 26.5 Å². The van der Waals surface area contributed by atoms with Crippen LogP contribution in [0.3, 0.4) is 0 Å². The summed E-state index contributed by atoms with van der Waals surface area (Å²) in [5, 5.41) is 13.7. The van der Waals surface area contributed by atoms with E-state index in [9.17, 15) is 9.90 Å². The van der Waals surface area contributed by atoms with Gasteiger partial charge in [0.2, 0.25) is 0 Å². The van der Waals surface area contributed by atoms with Crippen molar-refractivity contribution in [1.29, 1.82) is 0 Å². The maximum atomic E-state index is 12.2. The molecule has 0 fully saturated rings. The summed E-state index contributed by atoms with van der Waals surface area (Å²) in [4.78, 5) is 12.2. The molecule has 0 saturated carbocycles. The molecule has 126 valence electrons. The molecule has 2 N–H and O–H groups in total. The Labute approximate surface area is 148 Å². The molecule has 6 nitrogen and oxygen atoms in total. The normalized spacial score (nSPS) is 12.1. The van der Waals surface area contributed by atoms with Gasteiger partial charge < -0.3 is 14.6 Å². The van der Waals surface area contributed by atoms with Gasteiger partial charge in [0, 0.05) is 7.11 Å². The highest BCUT2D eigenvalue weighted by molar-refractivity contribution is 9.10. The predicted molar refractivity (Wildman–Crippen MR) is 94.3 cm³/mol. The van der Waals surface area contributed by atoms with Gasteiger partial charge in [0.1, 0.15) is 0 Å². The second-order valence-electron chi connectivity index (χ2n) is 4.81. The first-order valence-electron chi connectivity index (χ1n) is 7.04. The number of hydrazone groups is 1. The van der Waals surface area contributed by atoms with E-state index < -0.39 is 6.10 Å². The molecule has 7 heteroatoms. The van der Waals surface area contributed by atoms with Gasteiger partial charge >= 0.3 is 0 Å². The average molecular weight is 393 g/mol. The highest BCUT2D eigenvalue weighted by atomic mass is 79.9. The number of nitrogens with zero attached hydrogens (tertiary/aromatic N) is 1. The number of hydrogen-bond acceptors (Lipinski definition) is 5. The maximum Gasteiger partial charge on any atom is 0.273 e. The van der Waals surface area contributed by atoms with Crippen LogP contribution in [0, 0.1) is 0 Å². The molecule has 1 unspecified atom stereocenters. The zero-order valence-electron chi connectivity index (χ0n) is 13.2. The van der Waals surface area contributed by atoms with Crippen molar-refractivity contribution in [3.8, 4) is 11.5 Å². The van der Waals surface area contributed by atoms with E-state index in [0.29, 0.717) is 15.8 Å². The molecule has 0 aliphatic rings. The van der Waals surface area contributed by atoms with Crippen molar-refractivity contribution in [3.63, 3.8) is 0 Å². The van der Waals surface area contributed by atoms with Gasteiger partial charge in [-0.2, -0.15) is 5.10 Å². The summed E-state index contributed by atoms with van der Waals surface area (Å²) in [6, 6.07) is 12.4. The first kappa shape index (κ1) is 18.0. The molecule has 0 radical (unpaired) electrons. The molecule has 0 aromatic heterocycles. The first-order chi connectivity index (χ1) is 11.6. The van der Waals surface area contributed by atoms with Gasteiger partial charge in [-0.1, -0.05) is 30.3 Å². The zero-order chi connectivity index (χ0) is 17.5. The lowest BCUT2D eigenvalue weighted by Gasteiger charge is -2.13.